The molecule has 0 aliphatic carbocycles. The Balaban J connectivity index is 2.12. The molecule has 0 saturated carbocycles. The summed E-state index contributed by atoms with van der Waals surface area (Å²) in [5, 5.41) is 0.582. The number of carbonyl (C=O) groups is 1. The van der Waals surface area contributed by atoms with E-state index in [2.05, 4.69) is 16.8 Å². The molecule has 0 radical (unpaired) electrons. The summed E-state index contributed by atoms with van der Waals surface area (Å²) < 4.78 is 32.9. The lowest BCUT2D eigenvalue weighted by Gasteiger charge is -2.09. The molecular weight excluding hydrogens is 386 g/mol. The van der Waals surface area contributed by atoms with E-state index < -0.39 is 23.1 Å². The van der Waals surface area contributed by atoms with Crippen LogP contribution in [-0.4, -0.2) is 18.2 Å². The van der Waals surface area contributed by atoms with Gasteiger partial charge in [0.1, 0.15) is 23.7 Å². The third-order valence-electron chi connectivity index (χ3n) is 3.48. The van der Waals surface area contributed by atoms with Gasteiger partial charge in [-0.25, -0.2) is 13.8 Å². The van der Waals surface area contributed by atoms with Crippen LogP contribution in [0, 0.1) is 23.5 Å². The van der Waals surface area contributed by atoms with Crippen molar-refractivity contribution in [3.8, 4) is 17.6 Å². The summed E-state index contributed by atoms with van der Waals surface area (Å²) in [6.07, 6.45) is 1.71. The van der Waals surface area contributed by atoms with Gasteiger partial charge in [-0.3, -0.25) is 4.79 Å². The molecule has 0 aliphatic heterocycles. The fraction of sp³-hybridized carbons (Fsp3) is 0.143. The van der Waals surface area contributed by atoms with E-state index in [-0.39, 0.29) is 12.4 Å². The third-order valence-corrected chi connectivity index (χ3v) is 3.72. The number of primary amides is 1. The van der Waals surface area contributed by atoms with Crippen LogP contribution in [0.2, 0.25) is 5.02 Å². The van der Waals surface area contributed by atoms with Crippen LogP contribution in [-0.2, 0) is 0 Å². The van der Waals surface area contributed by atoms with Crippen molar-refractivity contribution in [2.75, 3.05) is 6.61 Å². The number of aliphatic imine (C=N–C) groups is 1. The number of carbonyl (C=O) groups excluding carboxylic acids is 1. The molecule has 0 aliphatic rings. The molecule has 0 atom stereocenters. The molecule has 28 heavy (non-hydrogen) atoms. The van der Waals surface area contributed by atoms with Gasteiger partial charge in [0.05, 0.1) is 5.71 Å². The Morgan fingerprint density at radius 3 is 2.71 bits per heavy atom. The molecule has 7 heteroatoms. The normalized spacial score (nSPS) is 11.6. The van der Waals surface area contributed by atoms with Crippen LogP contribution in [0.1, 0.15) is 29.8 Å². The molecule has 2 aromatic carbocycles. The van der Waals surface area contributed by atoms with Crippen LogP contribution in [0.3, 0.4) is 0 Å². The summed E-state index contributed by atoms with van der Waals surface area (Å²) in [7, 11) is 0. The number of halogens is 3. The highest BCUT2D eigenvalue weighted by Gasteiger charge is 2.19. The van der Waals surface area contributed by atoms with Crippen molar-refractivity contribution in [3.05, 3.63) is 76.0 Å². The molecule has 0 saturated heterocycles. The number of benzene rings is 2. The lowest BCUT2D eigenvalue weighted by molar-refractivity contribution is 0.0991. The SMILES string of the molecule is C/C=C(/C#Cc1cccc(Cl)c1)N=C(C)COc1ccc(F)c(C(N)=O)c1F. The average Bonchev–Trinajstić information content (AvgIpc) is 2.64. The number of rotatable bonds is 5. The van der Waals surface area contributed by atoms with Gasteiger partial charge in [-0.1, -0.05) is 29.7 Å². The first kappa shape index (κ1) is 21.1. The number of nitrogens with two attached hydrogens (primary N) is 1. The quantitative estimate of drug-likeness (QED) is 0.590. The van der Waals surface area contributed by atoms with E-state index in [1.165, 1.54) is 0 Å². The average molecular weight is 403 g/mol. The van der Waals surface area contributed by atoms with Crippen molar-refractivity contribution in [3.63, 3.8) is 0 Å². The molecule has 0 aromatic heterocycles. The van der Waals surface area contributed by atoms with Gasteiger partial charge in [-0.2, -0.15) is 0 Å². The second-order valence-corrected chi connectivity index (χ2v) is 6.11. The van der Waals surface area contributed by atoms with E-state index in [0.717, 1.165) is 17.7 Å². The predicted molar refractivity (Wildman–Crippen MR) is 106 cm³/mol. The standard InChI is InChI=1S/C21H17ClF2N2O2/c1-3-16(8-7-14-5-4-6-15(22)11-14)26-13(2)12-28-18-10-9-17(23)19(20(18)24)21(25)27/h3-6,9-11H,12H2,1-2H3,(H2,25,27)/b16-3-,26-13?. The maximum absolute atomic E-state index is 14.2. The maximum atomic E-state index is 14.2. The number of ether oxygens (including phenoxy) is 1. The van der Waals surface area contributed by atoms with E-state index in [1.54, 1.807) is 38.1 Å². The summed E-state index contributed by atoms with van der Waals surface area (Å²) in [5.41, 5.74) is 5.87. The highest BCUT2D eigenvalue weighted by atomic mass is 35.5. The fourth-order valence-corrected chi connectivity index (χ4v) is 2.35. The Bertz CT molecular complexity index is 1020. The molecule has 0 fully saturated rings. The zero-order chi connectivity index (χ0) is 20.7. The molecule has 2 N–H and O–H groups in total. The predicted octanol–water partition coefficient (Wildman–Crippen LogP) is 4.51. The highest BCUT2D eigenvalue weighted by molar-refractivity contribution is 6.30. The number of allylic oxidation sites excluding steroid dienone is 2. The molecule has 0 bridgehead atoms. The van der Waals surface area contributed by atoms with Crippen LogP contribution in [0.5, 0.6) is 5.75 Å². The topological polar surface area (TPSA) is 64.7 Å². The van der Waals surface area contributed by atoms with Crippen LogP contribution in [0.15, 0.2) is 53.2 Å². The monoisotopic (exact) mass is 402 g/mol. The molecule has 2 rings (SSSR count). The van der Waals surface area contributed by atoms with Gasteiger partial charge in [-0.15, -0.1) is 0 Å². The Morgan fingerprint density at radius 1 is 1.32 bits per heavy atom. The number of hydrogen-bond donors (Lipinski definition) is 1. The second kappa shape index (κ2) is 9.67. The molecule has 4 nitrogen and oxygen atoms in total. The van der Waals surface area contributed by atoms with Crippen LogP contribution < -0.4 is 10.5 Å². The molecule has 2 aromatic rings. The Labute approximate surface area is 166 Å². The van der Waals surface area contributed by atoms with Crippen molar-refractivity contribution in [2.24, 2.45) is 10.7 Å². The van der Waals surface area contributed by atoms with E-state index in [4.69, 9.17) is 22.1 Å². The molecule has 0 heterocycles. The lowest BCUT2D eigenvalue weighted by atomic mass is 10.1. The zero-order valence-electron chi connectivity index (χ0n) is 15.2. The van der Waals surface area contributed by atoms with Gasteiger partial charge >= 0.3 is 0 Å². The number of amides is 1. The van der Waals surface area contributed by atoms with Gasteiger partial charge in [0.15, 0.2) is 11.6 Å². The van der Waals surface area contributed by atoms with Crippen LogP contribution in [0.4, 0.5) is 8.78 Å². The molecular formula is C21H17ClF2N2O2. The first-order chi connectivity index (χ1) is 13.3. The first-order valence-corrected chi connectivity index (χ1v) is 8.58. The molecule has 0 unspecified atom stereocenters. The first-order valence-electron chi connectivity index (χ1n) is 8.20. The third kappa shape index (κ3) is 5.66. The largest absolute Gasteiger partial charge is 0.485 e. The van der Waals surface area contributed by atoms with Gasteiger partial charge in [0.2, 0.25) is 0 Å². The van der Waals surface area contributed by atoms with Gasteiger partial charge < -0.3 is 10.5 Å². The van der Waals surface area contributed by atoms with E-state index in [1.807, 2.05) is 6.07 Å². The lowest BCUT2D eigenvalue weighted by Crippen LogP contribution is -2.17. The van der Waals surface area contributed by atoms with E-state index in [9.17, 15) is 13.6 Å². The summed E-state index contributed by atoms with van der Waals surface area (Å²) in [4.78, 5) is 15.5. The minimum Gasteiger partial charge on any atom is -0.485 e. The van der Waals surface area contributed by atoms with Crippen molar-refractivity contribution in [1.29, 1.82) is 0 Å². The smallest absolute Gasteiger partial charge is 0.254 e. The molecule has 144 valence electrons. The molecule has 1 amide bonds. The van der Waals surface area contributed by atoms with E-state index in [0.29, 0.717) is 16.4 Å². The minimum atomic E-state index is -1.21. The Hall–Kier alpha value is -3.17. The Morgan fingerprint density at radius 2 is 2.07 bits per heavy atom. The zero-order valence-corrected chi connectivity index (χ0v) is 16.0. The van der Waals surface area contributed by atoms with Crippen LogP contribution in [0.25, 0.3) is 0 Å². The summed E-state index contributed by atoms with van der Waals surface area (Å²) in [6, 6.07) is 9.09. The highest BCUT2D eigenvalue weighted by Crippen LogP contribution is 2.23. The molecule has 0 spiro atoms. The second-order valence-electron chi connectivity index (χ2n) is 5.67. The Kier molecular flexibility index (Phi) is 7.30. The summed E-state index contributed by atoms with van der Waals surface area (Å²) >= 11 is 5.92. The number of nitrogens with zero attached hydrogens (tertiary/aromatic N) is 1. The summed E-state index contributed by atoms with van der Waals surface area (Å²) in [5.74, 6) is 2.16. The summed E-state index contributed by atoms with van der Waals surface area (Å²) in [6.45, 7) is 3.36. The van der Waals surface area contributed by atoms with Crippen molar-refractivity contribution < 1.29 is 18.3 Å². The van der Waals surface area contributed by atoms with Crippen LogP contribution >= 0.6 is 11.6 Å². The van der Waals surface area contributed by atoms with Crippen molar-refractivity contribution >= 4 is 23.2 Å². The fourth-order valence-electron chi connectivity index (χ4n) is 2.16. The minimum absolute atomic E-state index is 0.0864. The van der Waals surface area contributed by atoms with Gasteiger partial charge in [0, 0.05) is 10.6 Å². The van der Waals surface area contributed by atoms with Crippen molar-refractivity contribution in [2.45, 2.75) is 13.8 Å². The number of hydrogen-bond acceptors (Lipinski definition) is 3. The van der Waals surface area contributed by atoms with Crippen molar-refractivity contribution in [1.82, 2.24) is 0 Å². The van der Waals surface area contributed by atoms with E-state index >= 15 is 0 Å². The maximum Gasteiger partial charge on any atom is 0.254 e. The van der Waals surface area contributed by atoms with Gasteiger partial charge in [-0.05, 0) is 50.1 Å². The van der Waals surface area contributed by atoms with Gasteiger partial charge in [0.25, 0.3) is 5.91 Å².